The summed E-state index contributed by atoms with van der Waals surface area (Å²) < 4.78 is 12.3. The highest BCUT2D eigenvalue weighted by Crippen LogP contribution is 2.31. The molecule has 126 valence electrons. The average Bonchev–Trinajstić information content (AvgIpc) is 2.98. The lowest BCUT2D eigenvalue weighted by Gasteiger charge is -2.09. The van der Waals surface area contributed by atoms with Crippen LogP contribution in [0.3, 0.4) is 0 Å². The van der Waals surface area contributed by atoms with Gasteiger partial charge in [-0.15, -0.1) is 0 Å². The predicted molar refractivity (Wildman–Crippen MR) is 95.2 cm³/mol. The molecule has 0 amide bonds. The Bertz CT molecular complexity index is 979. The first-order chi connectivity index (χ1) is 12.1. The van der Waals surface area contributed by atoms with Crippen molar-refractivity contribution in [1.82, 2.24) is 4.57 Å². The van der Waals surface area contributed by atoms with Gasteiger partial charge >= 0.3 is 5.97 Å². The predicted octanol–water partition coefficient (Wildman–Crippen LogP) is 4.00. The monoisotopic (exact) mass is 334 g/mol. The number of nitrogens with zero attached hydrogens (tertiary/aromatic N) is 2. The summed E-state index contributed by atoms with van der Waals surface area (Å²) >= 11 is 0. The Morgan fingerprint density at radius 2 is 1.96 bits per heavy atom. The lowest BCUT2D eigenvalue weighted by molar-refractivity contribution is 0.0526. The van der Waals surface area contributed by atoms with Crippen LogP contribution in [0.1, 0.15) is 28.4 Å². The molecule has 0 unspecified atom stereocenters. The first-order valence-electron chi connectivity index (χ1n) is 7.96. The van der Waals surface area contributed by atoms with Crippen LogP contribution < -0.4 is 4.74 Å². The van der Waals surface area contributed by atoms with Crippen LogP contribution in [-0.4, -0.2) is 24.3 Å². The molecule has 0 aliphatic heterocycles. The topological polar surface area (TPSA) is 64.2 Å². The van der Waals surface area contributed by atoms with Gasteiger partial charge in [-0.25, -0.2) is 4.79 Å². The fourth-order valence-electron chi connectivity index (χ4n) is 2.86. The summed E-state index contributed by atoms with van der Waals surface area (Å²) in [4.78, 5) is 11.8. The highest BCUT2D eigenvalue weighted by Gasteiger charge is 2.13. The highest BCUT2D eigenvalue weighted by atomic mass is 16.5. The van der Waals surface area contributed by atoms with Crippen LogP contribution in [0.5, 0.6) is 5.75 Å². The van der Waals surface area contributed by atoms with Crippen molar-refractivity contribution in [3.8, 4) is 17.5 Å². The summed E-state index contributed by atoms with van der Waals surface area (Å²) in [5.41, 5.74) is 3.79. The fraction of sp³-hybridized carbons (Fsp3) is 0.200. The summed E-state index contributed by atoms with van der Waals surface area (Å²) in [5, 5.41) is 10.3. The SMILES string of the molecule is CCOC(=O)c1ccc(-n2cc(C#N)c3cc(C)c(OC)cc32)cc1. The highest BCUT2D eigenvalue weighted by molar-refractivity contribution is 5.91. The van der Waals surface area contributed by atoms with E-state index in [0.29, 0.717) is 17.7 Å². The van der Waals surface area contributed by atoms with Crippen molar-refractivity contribution in [2.75, 3.05) is 13.7 Å². The fourth-order valence-corrected chi connectivity index (χ4v) is 2.86. The van der Waals surface area contributed by atoms with Crippen molar-refractivity contribution in [1.29, 1.82) is 5.26 Å². The molecule has 3 aromatic rings. The van der Waals surface area contributed by atoms with E-state index < -0.39 is 0 Å². The maximum Gasteiger partial charge on any atom is 0.338 e. The first kappa shape index (κ1) is 16.6. The van der Waals surface area contributed by atoms with E-state index in [4.69, 9.17) is 9.47 Å². The van der Waals surface area contributed by atoms with Crippen molar-refractivity contribution < 1.29 is 14.3 Å². The van der Waals surface area contributed by atoms with Crippen molar-refractivity contribution in [2.24, 2.45) is 0 Å². The van der Waals surface area contributed by atoms with E-state index in [1.165, 1.54) is 0 Å². The summed E-state index contributed by atoms with van der Waals surface area (Å²) in [5.74, 6) is 0.418. The van der Waals surface area contributed by atoms with Gasteiger partial charge in [-0.2, -0.15) is 5.26 Å². The third-order valence-corrected chi connectivity index (χ3v) is 4.10. The van der Waals surface area contributed by atoms with Crippen LogP contribution in [-0.2, 0) is 4.74 Å². The average molecular weight is 334 g/mol. The second-order valence-electron chi connectivity index (χ2n) is 5.63. The number of hydrogen-bond acceptors (Lipinski definition) is 4. The number of esters is 1. The van der Waals surface area contributed by atoms with Gasteiger partial charge in [-0.3, -0.25) is 0 Å². The maximum atomic E-state index is 11.8. The molecule has 0 radical (unpaired) electrons. The molecule has 0 fully saturated rings. The van der Waals surface area contributed by atoms with Crippen LogP contribution in [0.15, 0.2) is 42.6 Å². The third kappa shape index (κ3) is 2.94. The normalized spacial score (nSPS) is 10.5. The molecule has 1 heterocycles. The van der Waals surface area contributed by atoms with Crippen molar-refractivity contribution >= 4 is 16.9 Å². The van der Waals surface area contributed by atoms with Crippen LogP contribution in [0.25, 0.3) is 16.6 Å². The van der Waals surface area contributed by atoms with Crippen LogP contribution in [0, 0.1) is 18.3 Å². The number of nitriles is 1. The van der Waals surface area contributed by atoms with Gasteiger partial charge < -0.3 is 14.0 Å². The van der Waals surface area contributed by atoms with Crippen LogP contribution in [0.4, 0.5) is 0 Å². The van der Waals surface area contributed by atoms with Gasteiger partial charge in [0, 0.05) is 23.3 Å². The zero-order valence-corrected chi connectivity index (χ0v) is 14.4. The minimum atomic E-state index is -0.346. The Labute approximate surface area is 146 Å². The number of aromatic nitrogens is 1. The van der Waals surface area contributed by atoms with Crippen LogP contribution in [0.2, 0.25) is 0 Å². The number of ether oxygens (including phenoxy) is 2. The van der Waals surface area contributed by atoms with Gasteiger partial charge in [0.2, 0.25) is 0 Å². The lowest BCUT2D eigenvalue weighted by atomic mass is 10.1. The van der Waals surface area contributed by atoms with E-state index in [9.17, 15) is 10.1 Å². The zero-order valence-electron chi connectivity index (χ0n) is 14.4. The van der Waals surface area contributed by atoms with Crippen molar-refractivity contribution in [3.63, 3.8) is 0 Å². The molecule has 0 aliphatic carbocycles. The standard InChI is InChI=1S/C20H18N2O3/c1-4-25-20(23)14-5-7-16(8-6-14)22-12-15(11-21)17-9-13(2)19(24-3)10-18(17)22/h5-10,12H,4H2,1-3H3. The molecular formula is C20H18N2O3. The molecule has 0 aliphatic rings. The van der Waals surface area contributed by atoms with E-state index in [0.717, 1.165) is 27.9 Å². The number of fused-ring (bicyclic) bond motifs is 1. The minimum Gasteiger partial charge on any atom is -0.496 e. The molecule has 25 heavy (non-hydrogen) atoms. The summed E-state index contributed by atoms with van der Waals surface area (Å²) in [6.07, 6.45) is 1.79. The van der Waals surface area contributed by atoms with Gasteiger partial charge in [-0.05, 0) is 49.7 Å². The lowest BCUT2D eigenvalue weighted by Crippen LogP contribution is -2.04. The number of hydrogen-bond donors (Lipinski definition) is 0. The zero-order chi connectivity index (χ0) is 18.0. The van der Waals surface area contributed by atoms with Crippen molar-refractivity contribution in [2.45, 2.75) is 13.8 Å². The molecule has 2 aromatic carbocycles. The van der Waals surface area contributed by atoms with Crippen molar-refractivity contribution in [3.05, 3.63) is 59.3 Å². The Hall–Kier alpha value is -3.26. The van der Waals surface area contributed by atoms with E-state index in [2.05, 4.69) is 6.07 Å². The van der Waals surface area contributed by atoms with Gasteiger partial charge in [0.15, 0.2) is 0 Å². The number of carbonyl (C=O) groups is 1. The molecular weight excluding hydrogens is 316 g/mol. The summed E-state index contributed by atoms with van der Waals surface area (Å²) in [7, 11) is 1.63. The number of carbonyl (C=O) groups excluding carboxylic acids is 1. The van der Waals surface area contributed by atoms with E-state index >= 15 is 0 Å². The molecule has 5 nitrogen and oxygen atoms in total. The quantitative estimate of drug-likeness (QED) is 0.677. The largest absolute Gasteiger partial charge is 0.496 e. The second kappa shape index (κ2) is 6.70. The Morgan fingerprint density at radius 1 is 1.24 bits per heavy atom. The molecule has 0 atom stereocenters. The number of rotatable bonds is 4. The van der Waals surface area contributed by atoms with Gasteiger partial charge in [0.05, 0.1) is 30.4 Å². The molecule has 0 N–H and O–H groups in total. The summed E-state index contributed by atoms with van der Waals surface area (Å²) in [6, 6.07) is 13.2. The number of benzene rings is 2. The molecule has 0 saturated heterocycles. The maximum absolute atomic E-state index is 11.8. The Balaban J connectivity index is 2.12. The van der Waals surface area contributed by atoms with Gasteiger partial charge in [0.25, 0.3) is 0 Å². The minimum absolute atomic E-state index is 0.341. The number of methoxy groups -OCH3 is 1. The van der Waals surface area contributed by atoms with E-state index in [-0.39, 0.29) is 5.97 Å². The third-order valence-electron chi connectivity index (χ3n) is 4.10. The molecule has 3 rings (SSSR count). The Morgan fingerprint density at radius 3 is 2.56 bits per heavy atom. The molecule has 0 spiro atoms. The summed E-state index contributed by atoms with van der Waals surface area (Å²) in [6.45, 7) is 4.06. The van der Waals surface area contributed by atoms with Crippen LogP contribution >= 0.6 is 0 Å². The first-order valence-corrected chi connectivity index (χ1v) is 7.96. The molecule has 0 bridgehead atoms. The van der Waals surface area contributed by atoms with E-state index in [1.807, 2.05) is 35.8 Å². The molecule has 1 aromatic heterocycles. The van der Waals surface area contributed by atoms with E-state index in [1.54, 1.807) is 32.4 Å². The van der Waals surface area contributed by atoms with Gasteiger partial charge in [-0.1, -0.05) is 0 Å². The molecule has 0 saturated carbocycles. The Kier molecular flexibility index (Phi) is 4.44. The number of aryl methyl sites for hydroxylation is 1. The second-order valence-corrected chi connectivity index (χ2v) is 5.63. The molecule has 5 heteroatoms. The smallest absolute Gasteiger partial charge is 0.338 e. The van der Waals surface area contributed by atoms with Gasteiger partial charge in [0.1, 0.15) is 11.8 Å².